The Kier molecular flexibility index (Phi) is 5.05. The number of nitrogens with two attached hydrogens (primary N) is 1. The number of carbonyl (C=O) groups is 1. The van der Waals surface area contributed by atoms with Gasteiger partial charge in [0.25, 0.3) is 0 Å². The molecule has 0 aliphatic rings. The van der Waals surface area contributed by atoms with Crippen molar-refractivity contribution in [1.29, 1.82) is 0 Å². The number of halogens is 1. The van der Waals surface area contributed by atoms with Crippen LogP contribution in [-0.4, -0.2) is 24.3 Å². The SMILES string of the molecule is Nc1cccc(OCCOc2ccc(Br)cc2)c1C(=O)O. The molecule has 3 N–H and O–H groups in total. The van der Waals surface area contributed by atoms with Gasteiger partial charge in [-0.25, -0.2) is 4.79 Å². The van der Waals surface area contributed by atoms with Crippen LogP contribution in [-0.2, 0) is 0 Å². The number of nitrogen functional groups attached to an aromatic ring is 1. The van der Waals surface area contributed by atoms with Crippen molar-refractivity contribution in [3.05, 3.63) is 52.5 Å². The van der Waals surface area contributed by atoms with Crippen LogP contribution in [0.5, 0.6) is 11.5 Å². The average Bonchev–Trinajstić information content (AvgIpc) is 2.45. The Morgan fingerprint density at radius 2 is 1.76 bits per heavy atom. The molecular weight excluding hydrogens is 338 g/mol. The average molecular weight is 352 g/mol. The Hall–Kier alpha value is -2.21. The Balaban J connectivity index is 1.90. The van der Waals surface area contributed by atoms with E-state index < -0.39 is 5.97 Å². The highest BCUT2D eigenvalue weighted by molar-refractivity contribution is 9.10. The molecule has 0 aromatic heterocycles. The van der Waals surface area contributed by atoms with Gasteiger partial charge in [-0.2, -0.15) is 0 Å². The van der Waals surface area contributed by atoms with E-state index in [-0.39, 0.29) is 23.6 Å². The molecule has 2 rings (SSSR count). The summed E-state index contributed by atoms with van der Waals surface area (Å²) in [6, 6.07) is 12.1. The molecule has 0 unspecified atom stereocenters. The van der Waals surface area contributed by atoms with Crippen LogP contribution >= 0.6 is 15.9 Å². The smallest absolute Gasteiger partial charge is 0.341 e. The summed E-state index contributed by atoms with van der Waals surface area (Å²) in [6.07, 6.45) is 0. The number of hydrogen-bond acceptors (Lipinski definition) is 4. The van der Waals surface area contributed by atoms with Gasteiger partial charge in [-0.3, -0.25) is 0 Å². The van der Waals surface area contributed by atoms with E-state index in [0.29, 0.717) is 12.4 Å². The summed E-state index contributed by atoms with van der Waals surface area (Å²) in [5.41, 5.74) is 5.78. The van der Waals surface area contributed by atoms with Gasteiger partial charge in [0.15, 0.2) is 0 Å². The molecular formula is C15H14BrNO4. The minimum absolute atomic E-state index is 0.0267. The zero-order valence-electron chi connectivity index (χ0n) is 11.1. The van der Waals surface area contributed by atoms with Crippen LogP contribution in [0.3, 0.4) is 0 Å². The Labute approximate surface area is 130 Å². The largest absolute Gasteiger partial charge is 0.490 e. The molecule has 21 heavy (non-hydrogen) atoms. The van der Waals surface area contributed by atoms with Crippen molar-refractivity contribution in [1.82, 2.24) is 0 Å². The molecule has 0 atom stereocenters. The second-order valence-corrected chi connectivity index (χ2v) is 5.09. The zero-order valence-corrected chi connectivity index (χ0v) is 12.7. The van der Waals surface area contributed by atoms with Crippen LogP contribution < -0.4 is 15.2 Å². The fraction of sp³-hybridized carbons (Fsp3) is 0.133. The molecule has 0 heterocycles. The standard InChI is InChI=1S/C15H14BrNO4/c16-10-4-6-11(7-5-10)20-8-9-21-13-3-1-2-12(17)14(13)15(18)19/h1-7H,8-9,17H2,(H,18,19). The van der Waals surface area contributed by atoms with Crippen molar-refractivity contribution in [3.63, 3.8) is 0 Å². The molecule has 0 fully saturated rings. The summed E-state index contributed by atoms with van der Waals surface area (Å²) in [7, 11) is 0. The van der Waals surface area contributed by atoms with Crippen molar-refractivity contribution >= 4 is 27.6 Å². The van der Waals surface area contributed by atoms with Crippen molar-refractivity contribution in [2.75, 3.05) is 18.9 Å². The molecule has 2 aromatic rings. The predicted molar refractivity (Wildman–Crippen MR) is 82.9 cm³/mol. The van der Waals surface area contributed by atoms with Gasteiger partial charge in [-0.05, 0) is 36.4 Å². The molecule has 0 spiro atoms. The normalized spacial score (nSPS) is 10.1. The van der Waals surface area contributed by atoms with Crippen LogP contribution in [0.15, 0.2) is 46.9 Å². The van der Waals surface area contributed by atoms with Gasteiger partial charge in [0.1, 0.15) is 30.3 Å². The summed E-state index contributed by atoms with van der Waals surface area (Å²) in [6.45, 7) is 0.523. The second-order valence-electron chi connectivity index (χ2n) is 4.18. The molecule has 0 amide bonds. The molecule has 0 saturated heterocycles. The minimum Gasteiger partial charge on any atom is -0.490 e. The van der Waals surface area contributed by atoms with Gasteiger partial charge in [-0.15, -0.1) is 0 Å². The van der Waals surface area contributed by atoms with E-state index in [1.54, 1.807) is 12.1 Å². The predicted octanol–water partition coefficient (Wildman–Crippen LogP) is 3.19. The molecule has 6 heteroatoms. The number of hydrogen-bond donors (Lipinski definition) is 2. The third-order valence-corrected chi connectivity index (χ3v) is 3.22. The van der Waals surface area contributed by atoms with Crippen LogP contribution in [0.1, 0.15) is 10.4 Å². The van der Waals surface area contributed by atoms with Crippen LogP contribution in [0.25, 0.3) is 0 Å². The van der Waals surface area contributed by atoms with Gasteiger partial charge in [0, 0.05) is 10.2 Å². The van der Waals surface area contributed by atoms with Gasteiger partial charge in [0.2, 0.25) is 0 Å². The van der Waals surface area contributed by atoms with Crippen molar-refractivity contribution in [3.8, 4) is 11.5 Å². The van der Waals surface area contributed by atoms with Crippen LogP contribution in [0.2, 0.25) is 0 Å². The van der Waals surface area contributed by atoms with Crippen LogP contribution in [0.4, 0.5) is 5.69 Å². The Morgan fingerprint density at radius 3 is 2.43 bits per heavy atom. The lowest BCUT2D eigenvalue weighted by Gasteiger charge is -2.11. The summed E-state index contributed by atoms with van der Waals surface area (Å²) < 4.78 is 11.9. The fourth-order valence-corrected chi connectivity index (χ4v) is 2.00. The third kappa shape index (κ3) is 4.13. The Morgan fingerprint density at radius 1 is 1.10 bits per heavy atom. The monoisotopic (exact) mass is 351 g/mol. The highest BCUT2D eigenvalue weighted by atomic mass is 79.9. The molecule has 0 radical (unpaired) electrons. The number of ether oxygens (including phenoxy) is 2. The van der Waals surface area contributed by atoms with E-state index in [9.17, 15) is 4.79 Å². The highest BCUT2D eigenvalue weighted by Gasteiger charge is 2.14. The van der Waals surface area contributed by atoms with E-state index in [1.807, 2.05) is 24.3 Å². The Bertz CT molecular complexity index is 628. The van der Waals surface area contributed by atoms with Gasteiger partial charge in [0.05, 0.1) is 0 Å². The number of rotatable bonds is 6. The van der Waals surface area contributed by atoms with Crippen molar-refractivity contribution in [2.24, 2.45) is 0 Å². The first-order valence-corrected chi connectivity index (χ1v) is 7.00. The molecule has 0 bridgehead atoms. The maximum absolute atomic E-state index is 11.1. The molecule has 0 aliphatic carbocycles. The van der Waals surface area contributed by atoms with E-state index in [2.05, 4.69) is 15.9 Å². The lowest BCUT2D eigenvalue weighted by molar-refractivity contribution is 0.0692. The molecule has 110 valence electrons. The third-order valence-electron chi connectivity index (χ3n) is 2.70. The highest BCUT2D eigenvalue weighted by Crippen LogP contribution is 2.24. The van der Waals surface area contributed by atoms with Gasteiger partial charge < -0.3 is 20.3 Å². The lowest BCUT2D eigenvalue weighted by atomic mass is 10.1. The minimum atomic E-state index is -1.11. The van der Waals surface area contributed by atoms with Gasteiger partial charge >= 0.3 is 5.97 Å². The lowest BCUT2D eigenvalue weighted by Crippen LogP contribution is -2.12. The summed E-state index contributed by atoms with van der Waals surface area (Å²) in [5, 5.41) is 9.11. The molecule has 5 nitrogen and oxygen atoms in total. The summed E-state index contributed by atoms with van der Waals surface area (Å²) in [4.78, 5) is 11.1. The quantitative estimate of drug-likeness (QED) is 0.616. The number of benzene rings is 2. The number of aromatic carboxylic acids is 1. The summed E-state index contributed by atoms with van der Waals surface area (Å²) >= 11 is 3.34. The zero-order chi connectivity index (χ0) is 15.2. The molecule has 0 aliphatic heterocycles. The van der Waals surface area contributed by atoms with Crippen LogP contribution in [0, 0.1) is 0 Å². The van der Waals surface area contributed by atoms with E-state index >= 15 is 0 Å². The van der Waals surface area contributed by atoms with Crippen molar-refractivity contribution in [2.45, 2.75) is 0 Å². The van der Waals surface area contributed by atoms with Gasteiger partial charge in [-0.1, -0.05) is 22.0 Å². The number of carboxylic acid groups (broad SMARTS) is 1. The van der Waals surface area contributed by atoms with Crippen molar-refractivity contribution < 1.29 is 19.4 Å². The first-order valence-electron chi connectivity index (χ1n) is 6.21. The van der Waals surface area contributed by atoms with E-state index in [0.717, 1.165) is 4.47 Å². The first kappa shape index (κ1) is 15.2. The second kappa shape index (κ2) is 6.99. The maximum atomic E-state index is 11.1. The molecule has 0 saturated carbocycles. The maximum Gasteiger partial charge on any atom is 0.341 e. The number of anilines is 1. The number of carboxylic acids is 1. The molecule has 2 aromatic carbocycles. The summed E-state index contributed by atoms with van der Waals surface area (Å²) in [5.74, 6) is -0.160. The van der Waals surface area contributed by atoms with E-state index in [4.69, 9.17) is 20.3 Å². The topological polar surface area (TPSA) is 81.8 Å². The van der Waals surface area contributed by atoms with E-state index in [1.165, 1.54) is 6.07 Å². The first-order chi connectivity index (χ1) is 10.1. The fourth-order valence-electron chi connectivity index (χ4n) is 1.74.